The molecule has 0 saturated carbocycles. The number of nitrogens with two attached hydrogens (primary N) is 1. The number of nitrogens with one attached hydrogen (secondary N) is 1. The van der Waals surface area contributed by atoms with E-state index in [-0.39, 0.29) is 17.9 Å². The molecule has 0 saturated heterocycles. The second-order valence-electron chi connectivity index (χ2n) is 4.83. The smallest absolute Gasteiger partial charge is 0.147 e. The average molecular weight is 300 g/mol. The van der Waals surface area contributed by atoms with Crippen LogP contribution in [0.3, 0.4) is 0 Å². The Morgan fingerprint density at radius 1 is 1.30 bits per heavy atom. The van der Waals surface area contributed by atoms with Gasteiger partial charge in [0, 0.05) is 18.6 Å². The molecule has 114 valence electrons. The van der Waals surface area contributed by atoms with Crippen molar-refractivity contribution < 1.29 is 13.2 Å². The quantitative estimate of drug-likeness (QED) is 0.532. The number of benzene rings is 1. The number of hydrazine groups is 1. The molecule has 0 heterocycles. The van der Waals surface area contributed by atoms with Gasteiger partial charge < -0.3 is 4.74 Å². The predicted molar refractivity (Wildman–Crippen MR) is 80.9 cm³/mol. The summed E-state index contributed by atoms with van der Waals surface area (Å²) in [6, 6.07) is 9.71. The first-order valence-corrected chi connectivity index (χ1v) is 8.84. The molecule has 0 aliphatic carbocycles. The van der Waals surface area contributed by atoms with Gasteiger partial charge in [-0.3, -0.25) is 11.3 Å². The lowest BCUT2D eigenvalue weighted by atomic mass is 9.99. The molecule has 0 spiro atoms. The third kappa shape index (κ3) is 6.00. The largest absolute Gasteiger partial charge is 0.372 e. The van der Waals surface area contributed by atoms with Crippen LogP contribution in [0, 0.1) is 0 Å². The van der Waals surface area contributed by atoms with Gasteiger partial charge in [0.2, 0.25) is 0 Å². The lowest BCUT2D eigenvalue weighted by Gasteiger charge is -2.27. The lowest BCUT2D eigenvalue weighted by molar-refractivity contribution is 0.0307. The van der Waals surface area contributed by atoms with E-state index >= 15 is 0 Å². The highest BCUT2D eigenvalue weighted by Gasteiger charge is 2.22. The average Bonchev–Trinajstić information content (AvgIpc) is 2.41. The monoisotopic (exact) mass is 300 g/mol. The summed E-state index contributed by atoms with van der Waals surface area (Å²) in [5.41, 5.74) is 3.79. The van der Waals surface area contributed by atoms with E-state index in [1.54, 1.807) is 0 Å². The number of hydrogen-bond donors (Lipinski definition) is 2. The first-order valence-electron chi connectivity index (χ1n) is 6.78. The Bertz CT molecular complexity index is 476. The van der Waals surface area contributed by atoms with Crippen LogP contribution in [0.4, 0.5) is 0 Å². The highest BCUT2D eigenvalue weighted by molar-refractivity contribution is 7.90. The molecule has 2 unspecified atom stereocenters. The van der Waals surface area contributed by atoms with Crippen molar-refractivity contribution in [2.45, 2.75) is 31.9 Å². The minimum Gasteiger partial charge on any atom is -0.372 e. The zero-order chi connectivity index (χ0) is 15.0. The highest BCUT2D eigenvalue weighted by Crippen LogP contribution is 2.23. The van der Waals surface area contributed by atoms with Crippen LogP contribution in [-0.4, -0.2) is 33.1 Å². The van der Waals surface area contributed by atoms with E-state index in [1.165, 1.54) is 6.26 Å². The molecule has 1 aromatic carbocycles. The van der Waals surface area contributed by atoms with E-state index in [2.05, 4.69) is 5.43 Å². The molecule has 0 fully saturated rings. The summed E-state index contributed by atoms with van der Waals surface area (Å²) in [4.78, 5) is 0. The van der Waals surface area contributed by atoms with E-state index in [1.807, 2.05) is 37.3 Å². The van der Waals surface area contributed by atoms with Gasteiger partial charge in [-0.15, -0.1) is 0 Å². The molecule has 6 heteroatoms. The van der Waals surface area contributed by atoms with Crippen molar-refractivity contribution in [3.63, 3.8) is 0 Å². The standard InChI is InChI=1S/C14H24N2O3S/c1-3-19-14(12-8-5-4-6-9-12)13(16-15)10-7-11-20(2,17)18/h4-6,8-9,13-14,16H,3,7,10-11,15H2,1-2H3. The molecule has 0 aromatic heterocycles. The van der Waals surface area contributed by atoms with Crippen LogP contribution >= 0.6 is 0 Å². The van der Waals surface area contributed by atoms with E-state index in [0.717, 1.165) is 5.56 Å². The number of ether oxygens (including phenoxy) is 1. The molecule has 0 radical (unpaired) electrons. The number of hydrogen-bond acceptors (Lipinski definition) is 5. The molecule has 5 nitrogen and oxygen atoms in total. The van der Waals surface area contributed by atoms with Crippen molar-refractivity contribution in [3.8, 4) is 0 Å². The second-order valence-corrected chi connectivity index (χ2v) is 7.09. The van der Waals surface area contributed by atoms with Crippen LogP contribution in [0.15, 0.2) is 30.3 Å². The molecule has 2 atom stereocenters. The summed E-state index contributed by atoms with van der Waals surface area (Å²) in [5, 5.41) is 0. The molecule has 3 N–H and O–H groups in total. The van der Waals surface area contributed by atoms with Crippen LogP contribution in [0.5, 0.6) is 0 Å². The second kappa shape index (κ2) is 8.36. The Hall–Kier alpha value is -0.950. The Labute approximate surface area is 121 Å². The van der Waals surface area contributed by atoms with Crippen molar-refractivity contribution in [1.82, 2.24) is 5.43 Å². The number of rotatable bonds is 9. The van der Waals surface area contributed by atoms with Crippen LogP contribution in [0.1, 0.15) is 31.4 Å². The molecule has 0 bridgehead atoms. The summed E-state index contributed by atoms with van der Waals surface area (Å²) in [5.74, 6) is 5.78. The third-order valence-corrected chi connectivity index (χ3v) is 4.11. The molecule has 0 aliphatic heterocycles. The van der Waals surface area contributed by atoms with Gasteiger partial charge in [0.1, 0.15) is 9.84 Å². The van der Waals surface area contributed by atoms with Gasteiger partial charge in [0.25, 0.3) is 0 Å². The maximum Gasteiger partial charge on any atom is 0.147 e. The van der Waals surface area contributed by atoms with Crippen molar-refractivity contribution in [2.24, 2.45) is 5.84 Å². The molecule has 0 amide bonds. The van der Waals surface area contributed by atoms with Crippen LogP contribution in [0.25, 0.3) is 0 Å². The normalized spacial score (nSPS) is 14.9. The summed E-state index contributed by atoms with van der Waals surface area (Å²) >= 11 is 0. The van der Waals surface area contributed by atoms with Gasteiger partial charge >= 0.3 is 0 Å². The first kappa shape index (κ1) is 17.1. The Morgan fingerprint density at radius 2 is 1.95 bits per heavy atom. The van der Waals surface area contributed by atoms with E-state index in [0.29, 0.717) is 19.4 Å². The topological polar surface area (TPSA) is 81.4 Å². The molecule has 1 aromatic rings. The summed E-state index contributed by atoms with van der Waals surface area (Å²) < 4.78 is 28.1. The van der Waals surface area contributed by atoms with Crippen LogP contribution in [-0.2, 0) is 14.6 Å². The minimum atomic E-state index is -2.94. The molecule has 1 rings (SSSR count). The van der Waals surface area contributed by atoms with Gasteiger partial charge in [-0.2, -0.15) is 0 Å². The summed E-state index contributed by atoms with van der Waals surface area (Å²) in [7, 11) is -2.94. The van der Waals surface area contributed by atoms with Gasteiger partial charge in [-0.1, -0.05) is 30.3 Å². The van der Waals surface area contributed by atoms with E-state index < -0.39 is 9.84 Å². The summed E-state index contributed by atoms with van der Waals surface area (Å²) in [6.07, 6.45) is 2.27. The van der Waals surface area contributed by atoms with Crippen LogP contribution < -0.4 is 11.3 Å². The zero-order valence-electron chi connectivity index (χ0n) is 12.1. The highest BCUT2D eigenvalue weighted by atomic mass is 32.2. The summed E-state index contributed by atoms with van der Waals surface area (Å²) in [6.45, 7) is 2.50. The third-order valence-electron chi connectivity index (χ3n) is 3.08. The Balaban J connectivity index is 2.72. The van der Waals surface area contributed by atoms with Crippen molar-refractivity contribution in [2.75, 3.05) is 18.6 Å². The fourth-order valence-electron chi connectivity index (χ4n) is 2.15. The maximum atomic E-state index is 11.2. The van der Waals surface area contributed by atoms with Crippen molar-refractivity contribution >= 4 is 9.84 Å². The molecular weight excluding hydrogens is 276 g/mol. The lowest BCUT2D eigenvalue weighted by Crippen LogP contribution is -2.41. The molecule has 0 aliphatic rings. The van der Waals surface area contributed by atoms with Crippen molar-refractivity contribution in [3.05, 3.63) is 35.9 Å². The van der Waals surface area contributed by atoms with E-state index in [9.17, 15) is 8.42 Å². The first-order chi connectivity index (χ1) is 9.48. The Morgan fingerprint density at radius 3 is 2.45 bits per heavy atom. The van der Waals surface area contributed by atoms with Gasteiger partial charge in [-0.25, -0.2) is 8.42 Å². The van der Waals surface area contributed by atoms with Crippen LogP contribution in [0.2, 0.25) is 0 Å². The zero-order valence-corrected chi connectivity index (χ0v) is 12.9. The van der Waals surface area contributed by atoms with Gasteiger partial charge in [0.05, 0.1) is 12.1 Å². The van der Waals surface area contributed by atoms with Crippen molar-refractivity contribution in [1.29, 1.82) is 0 Å². The minimum absolute atomic E-state index is 0.112. The SMILES string of the molecule is CCOC(c1ccccc1)C(CCCS(C)(=O)=O)NN. The fourth-order valence-corrected chi connectivity index (χ4v) is 2.85. The van der Waals surface area contributed by atoms with E-state index in [4.69, 9.17) is 10.6 Å². The van der Waals surface area contributed by atoms with Gasteiger partial charge in [0.15, 0.2) is 0 Å². The molecular formula is C14H24N2O3S. The molecule has 20 heavy (non-hydrogen) atoms. The Kier molecular flexibility index (Phi) is 7.15. The predicted octanol–water partition coefficient (Wildman–Crippen LogP) is 1.42. The fraction of sp³-hybridized carbons (Fsp3) is 0.571. The number of sulfone groups is 1. The maximum absolute atomic E-state index is 11.2. The van der Waals surface area contributed by atoms with Gasteiger partial charge in [-0.05, 0) is 25.3 Å².